The highest BCUT2D eigenvalue weighted by Crippen LogP contribution is 2.66. The van der Waals surface area contributed by atoms with Crippen LogP contribution in [0.4, 0.5) is 0 Å². The predicted octanol–water partition coefficient (Wildman–Crippen LogP) is 5.67. The van der Waals surface area contributed by atoms with Gasteiger partial charge in [-0.05, 0) is 86.9 Å². The molecule has 164 valence electrons. The van der Waals surface area contributed by atoms with Gasteiger partial charge < -0.3 is 9.47 Å². The van der Waals surface area contributed by atoms with Crippen molar-refractivity contribution in [3.05, 3.63) is 0 Å². The maximum atomic E-state index is 12.0. The monoisotopic (exact) mass is 404 g/mol. The molecule has 0 aliphatic heterocycles. The Bertz CT molecular complexity index is 645. The highest BCUT2D eigenvalue weighted by atomic mass is 16.5. The molecule has 0 unspecified atom stereocenters. The second kappa shape index (κ2) is 7.89. The molecule has 0 radical (unpaired) electrons. The van der Waals surface area contributed by atoms with Crippen LogP contribution in [0.2, 0.25) is 0 Å². The Hall–Kier alpha value is -1.06. The van der Waals surface area contributed by atoms with Crippen LogP contribution in [0.1, 0.15) is 98.3 Å². The number of fused-ring (bicyclic) bond motifs is 5. The molecule has 0 aromatic heterocycles. The molecule has 4 nitrogen and oxygen atoms in total. The van der Waals surface area contributed by atoms with Crippen LogP contribution in [0.3, 0.4) is 0 Å². The van der Waals surface area contributed by atoms with Gasteiger partial charge in [0.2, 0.25) is 0 Å². The lowest BCUT2D eigenvalue weighted by Crippen LogP contribution is -2.54. The Morgan fingerprint density at radius 3 is 2.17 bits per heavy atom. The van der Waals surface area contributed by atoms with Crippen molar-refractivity contribution in [1.82, 2.24) is 0 Å². The number of carbonyl (C=O) groups is 2. The molecule has 4 aliphatic rings. The van der Waals surface area contributed by atoms with Crippen LogP contribution in [0.25, 0.3) is 0 Å². The Labute approximate surface area is 176 Å². The zero-order chi connectivity index (χ0) is 20.8. The Morgan fingerprint density at radius 2 is 1.45 bits per heavy atom. The van der Waals surface area contributed by atoms with E-state index < -0.39 is 0 Å². The minimum Gasteiger partial charge on any atom is -0.462 e. The largest absolute Gasteiger partial charge is 0.462 e. The molecule has 0 N–H and O–H groups in total. The zero-order valence-corrected chi connectivity index (χ0v) is 18.9. The van der Waals surface area contributed by atoms with Crippen molar-refractivity contribution in [2.75, 3.05) is 0 Å². The average molecular weight is 405 g/mol. The summed E-state index contributed by atoms with van der Waals surface area (Å²) >= 11 is 0. The topological polar surface area (TPSA) is 52.6 Å². The van der Waals surface area contributed by atoms with Gasteiger partial charge in [-0.25, -0.2) is 0 Å². The van der Waals surface area contributed by atoms with E-state index in [1.54, 1.807) is 0 Å². The Balaban J connectivity index is 1.47. The molecular weight excluding hydrogens is 364 g/mol. The second-order valence-corrected chi connectivity index (χ2v) is 10.9. The van der Waals surface area contributed by atoms with E-state index >= 15 is 0 Å². The molecule has 0 aromatic rings. The fraction of sp³-hybridized carbons (Fsp3) is 0.920. The van der Waals surface area contributed by atoms with Gasteiger partial charge in [0.15, 0.2) is 0 Å². The fourth-order valence-electron chi connectivity index (χ4n) is 7.98. The minimum absolute atomic E-state index is 0.0328. The fourth-order valence-corrected chi connectivity index (χ4v) is 7.98. The van der Waals surface area contributed by atoms with Crippen molar-refractivity contribution in [1.29, 1.82) is 0 Å². The molecule has 0 amide bonds. The third-order valence-corrected chi connectivity index (χ3v) is 9.68. The van der Waals surface area contributed by atoms with Gasteiger partial charge in [0.25, 0.3) is 0 Å². The van der Waals surface area contributed by atoms with E-state index in [1.165, 1.54) is 38.5 Å². The van der Waals surface area contributed by atoms with Crippen LogP contribution >= 0.6 is 0 Å². The highest BCUT2D eigenvalue weighted by Gasteiger charge is 2.61. The van der Waals surface area contributed by atoms with Crippen molar-refractivity contribution in [3.8, 4) is 0 Å². The smallest absolute Gasteiger partial charge is 0.305 e. The molecule has 8 atom stereocenters. The molecule has 0 spiro atoms. The minimum atomic E-state index is -0.0423. The number of hydrogen-bond donors (Lipinski definition) is 0. The summed E-state index contributed by atoms with van der Waals surface area (Å²) < 4.78 is 11.6. The van der Waals surface area contributed by atoms with Crippen molar-refractivity contribution in [3.63, 3.8) is 0 Å². The van der Waals surface area contributed by atoms with Crippen LogP contribution in [-0.2, 0) is 19.1 Å². The molecule has 4 rings (SSSR count). The van der Waals surface area contributed by atoms with E-state index in [9.17, 15) is 9.59 Å². The molecule has 4 saturated carbocycles. The third-order valence-electron chi connectivity index (χ3n) is 9.68. The Kier molecular flexibility index (Phi) is 5.76. The summed E-state index contributed by atoms with van der Waals surface area (Å²) in [5.41, 5.74) is 0.556. The summed E-state index contributed by atoms with van der Waals surface area (Å²) in [6, 6.07) is 0. The molecular formula is C25H40O4. The van der Waals surface area contributed by atoms with E-state index in [4.69, 9.17) is 9.47 Å². The van der Waals surface area contributed by atoms with Gasteiger partial charge in [-0.1, -0.05) is 27.7 Å². The second-order valence-electron chi connectivity index (χ2n) is 10.9. The first-order chi connectivity index (χ1) is 13.8. The lowest BCUT2D eigenvalue weighted by atomic mass is 9.45. The normalized spacial score (nSPS) is 46.2. The van der Waals surface area contributed by atoms with Gasteiger partial charge >= 0.3 is 11.9 Å². The summed E-state index contributed by atoms with van der Waals surface area (Å²) in [6.07, 6.45) is 11.8. The first kappa shape index (κ1) is 21.2. The molecule has 4 fully saturated rings. The molecule has 0 heterocycles. The summed E-state index contributed by atoms with van der Waals surface area (Å²) in [7, 11) is 0. The van der Waals surface area contributed by atoms with E-state index in [2.05, 4.69) is 13.8 Å². The maximum Gasteiger partial charge on any atom is 0.305 e. The number of carbonyl (C=O) groups excluding carboxylic acids is 2. The van der Waals surface area contributed by atoms with Gasteiger partial charge in [-0.15, -0.1) is 0 Å². The summed E-state index contributed by atoms with van der Waals surface area (Å²) in [5.74, 6) is 2.86. The Morgan fingerprint density at radius 1 is 0.793 bits per heavy atom. The highest BCUT2D eigenvalue weighted by molar-refractivity contribution is 5.69. The van der Waals surface area contributed by atoms with Gasteiger partial charge in [-0.2, -0.15) is 0 Å². The van der Waals surface area contributed by atoms with E-state index in [0.29, 0.717) is 30.1 Å². The quantitative estimate of drug-likeness (QED) is 0.566. The molecule has 29 heavy (non-hydrogen) atoms. The average Bonchev–Trinajstić information content (AvgIpc) is 3.04. The molecule has 0 saturated heterocycles. The van der Waals surface area contributed by atoms with Crippen molar-refractivity contribution in [2.45, 2.75) is 111 Å². The predicted molar refractivity (Wildman–Crippen MR) is 112 cm³/mol. The third kappa shape index (κ3) is 3.53. The SMILES string of the molecule is CCC(=O)O[C@H]1CC[C@@]2(C)[C@@H](CC[C@@H]3[C@@H]2CC[C@]2(C)[C@@H](OC(=O)CC)CC[C@@H]32)C1. The van der Waals surface area contributed by atoms with Gasteiger partial charge in [0, 0.05) is 18.3 Å². The first-order valence-corrected chi connectivity index (χ1v) is 12.2. The lowest BCUT2D eigenvalue weighted by Gasteiger charge is -2.60. The molecule has 0 bridgehead atoms. The number of hydrogen-bond acceptors (Lipinski definition) is 4. The number of esters is 2. The van der Waals surface area contributed by atoms with Crippen LogP contribution in [-0.4, -0.2) is 24.1 Å². The van der Waals surface area contributed by atoms with Crippen LogP contribution in [0, 0.1) is 34.5 Å². The summed E-state index contributed by atoms with van der Waals surface area (Å²) in [6.45, 7) is 8.72. The zero-order valence-electron chi connectivity index (χ0n) is 18.9. The standard InChI is InChI=1S/C25H40O4/c1-5-22(26)28-17-11-13-24(3)16(15-17)7-8-18-19-9-10-21(29-23(27)6-2)25(19,4)14-12-20(18)24/h16-21H,5-15H2,1-4H3/t16-,17-,18-,19-,20-,21-,24-,25-/m0/s1. The number of rotatable bonds is 4. The van der Waals surface area contributed by atoms with E-state index in [1.807, 2.05) is 13.8 Å². The molecule has 0 aromatic carbocycles. The van der Waals surface area contributed by atoms with Crippen molar-refractivity contribution in [2.24, 2.45) is 34.5 Å². The van der Waals surface area contributed by atoms with Crippen LogP contribution < -0.4 is 0 Å². The van der Waals surface area contributed by atoms with Crippen molar-refractivity contribution < 1.29 is 19.1 Å². The summed E-state index contributed by atoms with van der Waals surface area (Å²) in [4.78, 5) is 23.8. The molecule has 4 aliphatic carbocycles. The van der Waals surface area contributed by atoms with Crippen molar-refractivity contribution >= 4 is 11.9 Å². The van der Waals surface area contributed by atoms with E-state index in [-0.39, 0.29) is 29.6 Å². The van der Waals surface area contributed by atoms with Crippen LogP contribution in [0.5, 0.6) is 0 Å². The lowest BCUT2D eigenvalue weighted by molar-refractivity contribution is -0.169. The summed E-state index contributed by atoms with van der Waals surface area (Å²) in [5, 5.41) is 0. The number of ether oxygens (including phenoxy) is 2. The first-order valence-electron chi connectivity index (χ1n) is 12.2. The van der Waals surface area contributed by atoms with Gasteiger partial charge in [0.1, 0.15) is 12.2 Å². The maximum absolute atomic E-state index is 12.0. The van der Waals surface area contributed by atoms with Gasteiger partial charge in [0.05, 0.1) is 0 Å². The van der Waals surface area contributed by atoms with Crippen LogP contribution in [0.15, 0.2) is 0 Å². The van der Waals surface area contributed by atoms with Gasteiger partial charge in [-0.3, -0.25) is 9.59 Å². The molecule has 4 heteroatoms. The van der Waals surface area contributed by atoms with E-state index in [0.717, 1.165) is 31.1 Å².